The molecular weight excluding hydrogens is 236 g/mol. The van der Waals surface area contributed by atoms with Crippen LogP contribution in [0.3, 0.4) is 0 Å². The number of H-pyrrole nitrogens is 1. The number of esters is 1. The Kier molecular flexibility index (Phi) is 3.52. The summed E-state index contributed by atoms with van der Waals surface area (Å²) in [5, 5.41) is 6.60. The van der Waals surface area contributed by atoms with E-state index in [2.05, 4.69) is 20.2 Å². The molecule has 0 spiro atoms. The van der Waals surface area contributed by atoms with Gasteiger partial charge in [-0.05, 0) is 13.0 Å². The molecular formula is C11H12N4O3. The third-order valence-electron chi connectivity index (χ3n) is 2.18. The molecule has 7 heteroatoms. The highest BCUT2D eigenvalue weighted by molar-refractivity contribution is 5.88. The molecule has 0 amide bonds. The van der Waals surface area contributed by atoms with E-state index in [0.29, 0.717) is 23.6 Å². The Bertz CT molecular complexity index is 535. The summed E-state index contributed by atoms with van der Waals surface area (Å²) >= 11 is 0. The monoisotopic (exact) mass is 248 g/mol. The molecule has 94 valence electrons. The van der Waals surface area contributed by atoms with Gasteiger partial charge in [0.25, 0.3) is 0 Å². The summed E-state index contributed by atoms with van der Waals surface area (Å²) < 4.78 is 9.71. The van der Waals surface area contributed by atoms with Gasteiger partial charge in [-0.1, -0.05) is 0 Å². The average molecular weight is 248 g/mol. The normalized spacial score (nSPS) is 10.1. The van der Waals surface area contributed by atoms with Crippen molar-refractivity contribution >= 4 is 5.97 Å². The van der Waals surface area contributed by atoms with Gasteiger partial charge in [0, 0.05) is 18.0 Å². The summed E-state index contributed by atoms with van der Waals surface area (Å²) in [7, 11) is 1.49. The smallest absolute Gasteiger partial charge is 0.356 e. The van der Waals surface area contributed by atoms with Crippen LogP contribution in [0.4, 0.5) is 0 Å². The van der Waals surface area contributed by atoms with Crippen LogP contribution in [0.15, 0.2) is 18.5 Å². The van der Waals surface area contributed by atoms with E-state index in [1.807, 2.05) is 0 Å². The zero-order valence-corrected chi connectivity index (χ0v) is 10.0. The predicted molar refractivity (Wildman–Crippen MR) is 62.1 cm³/mol. The number of carbonyl (C=O) groups excluding carboxylic acids is 1. The Morgan fingerprint density at radius 2 is 2.11 bits per heavy atom. The van der Waals surface area contributed by atoms with Gasteiger partial charge in [-0.3, -0.25) is 5.10 Å². The highest BCUT2D eigenvalue weighted by Crippen LogP contribution is 2.17. The number of ether oxygens (including phenoxy) is 2. The van der Waals surface area contributed by atoms with E-state index < -0.39 is 5.97 Å². The SMILES string of the molecule is CCOC(=O)c1cc(-c2cnc(OC)nc2)n[nH]1. The standard InChI is InChI=1S/C11H12N4O3/c1-3-18-10(16)9-4-8(14-15-9)7-5-12-11(17-2)13-6-7/h4-6H,3H2,1-2H3,(H,14,15). The molecule has 1 N–H and O–H groups in total. The molecule has 0 aliphatic carbocycles. The van der Waals surface area contributed by atoms with Crippen LogP contribution in [-0.4, -0.2) is 39.9 Å². The number of methoxy groups -OCH3 is 1. The lowest BCUT2D eigenvalue weighted by atomic mass is 10.2. The van der Waals surface area contributed by atoms with Crippen molar-refractivity contribution < 1.29 is 14.3 Å². The zero-order valence-electron chi connectivity index (χ0n) is 10.0. The van der Waals surface area contributed by atoms with Crippen molar-refractivity contribution in [1.29, 1.82) is 0 Å². The van der Waals surface area contributed by atoms with Gasteiger partial charge >= 0.3 is 12.0 Å². The van der Waals surface area contributed by atoms with Crippen molar-refractivity contribution in [3.63, 3.8) is 0 Å². The number of rotatable bonds is 4. The predicted octanol–water partition coefficient (Wildman–Crippen LogP) is 1.05. The largest absolute Gasteiger partial charge is 0.467 e. The summed E-state index contributed by atoms with van der Waals surface area (Å²) in [6.45, 7) is 2.06. The fourth-order valence-corrected chi connectivity index (χ4v) is 1.34. The number of aromatic nitrogens is 4. The van der Waals surface area contributed by atoms with Gasteiger partial charge in [0.1, 0.15) is 5.69 Å². The second-order valence-corrected chi connectivity index (χ2v) is 3.35. The van der Waals surface area contributed by atoms with Gasteiger partial charge in [0.15, 0.2) is 0 Å². The van der Waals surface area contributed by atoms with Crippen LogP contribution in [-0.2, 0) is 4.74 Å². The van der Waals surface area contributed by atoms with Crippen LogP contribution in [0.2, 0.25) is 0 Å². The lowest BCUT2D eigenvalue weighted by Crippen LogP contribution is -2.04. The summed E-state index contributed by atoms with van der Waals surface area (Å²) in [6.07, 6.45) is 3.13. The van der Waals surface area contributed by atoms with Gasteiger partial charge in [0.2, 0.25) is 0 Å². The Hall–Kier alpha value is -2.44. The maximum absolute atomic E-state index is 11.4. The first-order chi connectivity index (χ1) is 8.74. The number of carbonyl (C=O) groups is 1. The first-order valence-electron chi connectivity index (χ1n) is 5.33. The van der Waals surface area contributed by atoms with Gasteiger partial charge < -0.3 is 9.47 Å². The number of hydrogen-bond acceptors (Lipinski definition) is 6. The van der Waals surface area contributed by atoms with Gasteiger partial charge in [-0.25, -0.2) is 14.8 Å². The summed E-state index contributed by atoms with van der Waals surface area (Å²) in [5.41, 5.74) is 1.55. The molecule has 0 bridgehead atoms. The molecule has 0 saturated carbocycles. The quantitative estimate of drug-likeness (QED) is 0.813. The second kappa shape index (κ2) is 5.26. The third kappa shape index (κ3) is 2.45. The van der Waals surface area contributed by atoms with E-state index in [4.69, 9.17) is 9.47 Å². The number of nitrogens with one attached hydrogen (secondary N) is 1. The minimum atomic E-state index is -0.439. The molecule has 0 aliphatic rings. The van der Waals surface area contributed by atoms with Crippen molar-refractivity contribution in [1.82, 2.24) is 20.2 Å². The van der Waals surface area contributed by atoms with Gasteiger partial charge in [-0.2, -0.15) is 5.10 Å². The van der Waals surface area contributed by atoms with Crippen LogP contribution < -0.4 is 4.74 Å². The first kappa shape index (κ1) is 12.0. The summed E-state index contributed by atoms with van der Waals surface area (Å²) in [6, 6.07) is 1.86. The summed E-state index contributed by atoms with van der Waals surface area (Å²) in [5.74, 6) is -0.439. The van der Waals surface area contributed by atoms with Crippen LogP contribution >= 0.6 is 0 Å². The van der Waals surface area contributed by atoms with Crippen molar-refractivity contribution in [3.8, 4) is 17.3 Å². The maximum atomic E-state index is 11.4. The molecule has 7 nitrogen and oxygen atoms in total. The van der Waals surface area contributed by atoms with Crippen LogP contribution in [0.1, 0.15) is 17.4 Å². The Balaban J connectivity index is 2.20. The molecule has 0 saturated heterocycles. The molecule has 0 aliphatic heterocycles. The third-order valence-corrected chi connectivity index (χ3v) is 2.18. The van der Waals surface area contributed by atoms with Crippen LogP contribution in [0, 0.1) is 0 Å². The van der Waals surface area contributed by atoms with Gasteiger partial charge in [-0.15, -0.1) is 0 Å². The Morgan fingerprint density at radius 1 is 1.39 bits per heavy atom. The summed E-state index contributed by atoms with van der Waals surface area (Å²) in [4.78, 5) is 19.4. The van der Waals surface area contributed by atoms with Crippen molar-refractivity contribution in [2.24, 2.45) is 0 Å². The van der Waals surface area contributed by atoms with Crippen molar-refractivity contribution in [2.75, 3.05) is 13.7 Å². The topological polar surface area (TPSA) is 90.0 Å². The molecule has 0 unspecified atom stereocenters. The van der Waals surface area contributed by atoms with Crippen molar-refractivity contribution in [3.05, 3.63) is 24.2 Å². The first-order valence-corrected chi connectivity index (χ1v) is 5.33. The molecule has 0 atom stereocenters. The van der Waals surface area contributed by atoms with Crippen LogP contribution in [0.5, 0.6) is 6.01 Å². The van der Waals surface area contributed by atoms with Crippen molar-refractivity contribution in [2.45, 2.75) is 6.92 Å². The Morgan fingerprint density at radius 3 is 2.72 bits per heavy atom. The maximum Gasteiger partial charge on any atom is 0.356 e. The van der Waals surface area contributed by atoms with Gasteiger partial charge in [0.05, 0.1) is 19.4 Å². The lowest BCUT2D eigenvalue weighted by Gasteiger charge is -1.97. The molecule has 0 fully saturated rings. The molecule has 2 aromatic heterocycles. The van der Waals surface area contributed by atoms with Crippen LogP contribution in [0.25, 0.3) is 11.3 Å². The fourth-order valence-electron chi connectivity index (χ4n) is 1.34. The highest BCUT2D eigenvalue weighted by Gasteiger charge is 2.12. The molecule has 0 radical (unpaired) electrons. The number of nitrogens with zero attached hydrogens (tertiary/aromatic N) is 3. The van der Waals surface area contributed by atoms with E-state index >= 15 is 0 Å². The van der Waals surface area contributed by atoms with E-state index in [1.54, 1.807) is 25.4 Å². The molecule has 18 heavy (non-hydrogen) atoms. The lowest BCUT2D eigenvalue weighted by molar-refractivity contribution is 0.0519. The number of hydrogen-bond donors (Lipinski definition) is 1. The Labute approximate surface area is 103 Å². The minimum absolute atomic E-state index is 0.278. The minimum Gasteiger partial charge on any atom is -0.467 e. The molecule has 2 aromatic rings. The molecule has 2 rings (SSSR count). The highest BCUT2D eigenvalue weighted by atomic mass is 16.5. The fraction of sp³-hybridized carbons (Fsp3) is 0.273. The van der Waals surface area contributed by atoms with E-state index in [9.17, 15) is 4.79 Å². The van der Waals surface area contributed by atoms with E-state index in [1.165, 1.54) is 7.11 Å². The zero-order chi connectivity index (χ0) is 13.0. The van der Waals surface area contributed by atoms with E-state index in [0.717, 1.165) is 0 Å². The second-order valence-electron chi connectivity index (χ2n) is 3.35. The van der Waals surface area contributed by atoms with E-state index in [-0.39, 0.29) is 6.01 Å². The molecule has 0 aromatic carbocycles. The average Bonchev–Trinajstić information content (AvgIpc) is 2.89. The number of aromatic amines is 1. The molecule has 2 heterocycles.